The van der Waals surface area contributed by atoms with Gasteiger partial charge in [-0.15, -0.1) is 10.2 Å². The minimum absolute atomic E-state index is 0.0641. The zero-order valence-electron chi connectivity index (χ0n) is 15.7. The van der Waals surface area contributed by atoms with E-state index >= 15 is 0 Å². The van der Waals surface area contributed by atoms with E-state index in [2.05, 4.69) is 10.2 Å². The zero-order valence-corrected chi connectivity index (χ0v) is 17.3. The number of aryl methyl sites for hydroxylation is 1. The number of benzene rings is 2. The minimum Gasteiger partial charge on any atom is -0.207 e. The minimum atomic E-state index is -3.52. The summed E-state index contributed by atoms with van der Waals surface area (Å²) in [7, 11) is -3.52. The number of hydrogen-bond acceptors (Lipinski definition) is 5. The normalized spacial score (nSPS) is 16.2. The molecule has 4 rings (SSSR count). The van der Waals surface area contributed by atoms with Crippen LogP contribution >= 0.6 is 11.3 Å². The van der Waals surface area contributed by atoms with E-state index in [0.29, 0.717) is 35.8 Å². The van der Waals surface area contributed by atoms with Gasteiger partial charge in [-0.2, -0.15) is 4.31 Å². The van der Waals surface area contributed by atoms with Gasteiger partial charge in [0, 0.05) is 30.6 Å². The molecule has 0 radical (unpaired) electrons. The molecule has 0 saturated carbocycles. The first-order valence-corrected chi connectivity index (χ1v) is 11.5. The third-order valence-electron chi connectivity index (χ3n) is 5.06. The average molecular weight is 436 g/mol. The summed E-state index contributed by atoms with van der Waals surface area (Å²) in [5.41, 5.74) is 1.22. The van der Waals surface area contributed by atoms with Gasteiger partial charge in [0.1, 0.15) is 16.6 Å². The predicted molar refractivity (Wildman–Crippen MR) is 107 cm³/mol. The Hall–Kier alpha value is -2.23. The highest BCUT2D eigenvalue weighted by Gasteiger charge is 2.31. The van der Waals surface area contributed by atoms with Crippen LogP contribution in [-0.4, -0.2) is 36.0 Å². The molecule has 2 aromatic carbocycles. The average Bonchev–Trinajstić information content (AvgIpc) is 3.18. The Kier molecular flexibility index (Phi) is 5.46. The molecular weight excluding hydrogens is 416 g/mol. The molecule has 5 nitrogen and oxygen atoms in total. The van der Waals surface area contributed by atoms with E-state index in [-0.39, 0.29) is 11.5 Å². The van der Waals surface area contributed by atoms with Crippen LogP contribution in [-0.2, 0) is 10.0 Å². The third-order valence-corrected chi connectivity index (χ3v) is 8.10. The van der Waals surface area contributed by atoms with Crippen LogP contribution in [0.25, 0.3) is 10.6 Å². The molecule has 0 N–H and O–H groups in total. The van der Waals surface area contributed by atoms with Crippen molar-refractivity contribution in [1.29, 1.82) is 0 Å². The first kappa shape index (κ1) is 20.1. The van der Waals surface area contributed by atoms with E-state index < -0.39 is 21.7 Å². The van der Waals surface area contributed by atoms with Crippen LogP contribution in [0.3, 0.4) is 0 Å². The Bertz CT molecular complexity index is 1120. The van der Waals surface area contributed by atoms with Crippen LogP contribution in [0.1, 0.15) is 29.3 Å². The molecule has 152 valence electrons. The lowest BCUT2D eigenvalue weighted by molar-refractivity contribution is 0.318. The molecule has 1 saturated heterocycles. The predicted octanol–water partition coefficient (Wildman–Crippen LogP) is 4.36. The van der Waals surface area contributed by atoms with Crippen molar-refractivity contribution in [2.75, 3.05) is 13.1 Å². The maximum Gasteiger partial charge on any atom is 0.243 e. The molecular formula is C20H19F2N3O2S2. The lowest BCUT2D eigenvalue weighted by atomic mass is 9.99. The monoisotopic (exact) mass is 435 g/mol. The van der Waals surface area contributed by atoms with Crippen LogP contribution in [0.2, 0.25) is 0 Å². The number of nitrogens with zero attached hydrogens (tertiary/aromatic N) is 3. The quantitative estimate of drug-likeness (QED) is 0.611. The second kappa shape index (κ2) is 7.89. The first-order chi connectivity index (χ1) is 13.8. The first-order valence-electron chi connectivity index (χ1n) is 9.20. The zero-order chi connectivity index (χ0) is 20.6. The molecule has 0 aliphatic carbocycles. The van der Waals surface area contributed by atoms with Gasteiger partial charge in [-0.3, -0.25) is 0 Å². The Balaban J connectivity index is 1.46. The second-order valence-corrected chi connectivity index (χ2v) is 10.0. The molecule has 1 aromatic heterocycles. The van der Waals surface area contributed by atoms with Crippen LogP contribution in [0.4, 0.5) is 8.78 Å². The van der Waals surface area contributed by atoms with Crippen LogP contribution < -0.4 is 0 Å². The summed E-state index contributed by atoms with van der Waals surface area (Å²) in [6.07, 6.45) is 1.23. The van der Waals surface area contributed by atoms with Gasteiger partial charge in [-0.05, 0) is 44.0 Å². The maximum absolute atomic E-state index is 14.0. The van der Waals surface area contributed by atoms with Gasteiger partial charge < -0.3 is 0 Å². The Morgan fingerprint density at radius 1 is 1.03 bits per heavy atom. The smallest absolute Gasteiger partial charge is 0.207 e. The fraction of sp³-hybridized carbons (Fsp3) is 0.300. The van der Waals surface area contributed by atoms with Crippen molar-refractivity contribution in [2.45, 2.75) is 30.6 Å². The molecule has 29 heavy (non-hydrogen) atoms. The lowest BCUT2D eigenvalue weighted by Gasteiger charge is -2.30. The SMILES string of the molecule is Cc1ccc(S(=O)(=O)N2CCC(c3nnc(-c4ccc(F)cc4F)s3)CC2)cc1. The molecule has 9 heteroatoms. The van der Waals surface area contributed by atoms with Crippen molar-refractivity contribution in [3.05, 3.63) is 64.7 Å². The standard InChI is InChI=1S/C20H19F2N3O2S2/c1-13-2-5-16(6-3-13)29(26,27)25-10-8-14(9-11-25)19-23-24-20(28-19)17-7-4-15(21)12-18(17)22/h2-7,12,14H,8-11H2,1H3. The van der Waals surface area contributed by atoms with Crippen molar-refractivity contribution < 1.29 is 17.2 Å². The van der Waals surface area contributed by atoms with Crippen molar-refractivity contribution in [3.63, 3.8) is 0 Å². The molecule has 1 aliphatic rings. The Labute approximate surface area is 172 Å². The fourth-order valence-corrected chi connectivity index (χ4v) is 5.88. The number of sulfonamides is 1. The van der Waals surface area contributed by atoms with Crippen LogP contribution in [0.15, 0.2) is 47.4 Å². The molecule has 0 atom stereocenters. The number of aromatic nitrogens is 2. The summed E-state index contributed by atoms with van der Waals surface area (Å²) in [6.45, 7) is 2.69. The fourth-order valence-electron chi connectivity index (χ4n) is 3.37. The van der Waals surface area contributed by atoms with Gasteiger partial charge in [0.25, 0.3) is 0 Å². The Morgan fingerprint density at radius 2 is 1.72 bits per heavy atom. The molecule has 0 amide bonds. The van der Waals surface area contributed by atoms with Gasteiger partial charge in [-0.1, -0.05) is 29.0 Å². The van der Waals surface area contributed by atoms with Crippen molar-refractivity contribution in [1.82, 2.24) is 14.5 Å². The largest absolute Gasteiger partial charge is 0.243 e. The van der Waals surface area contributed by atoms with Crippen molar-refractivity contribution in [2.24, 2.45) is 0 Å². The van der Waals surface area contributed by atoms with Crippen LogP contribution in [0, 0.1) is 18.6 Å². The van der Waals surface area contributed by atoms with Gasteiger partial charge in [0.2, 0.25) is 10.0 Å². The van der Waals surface area contributed by atoms with E-state index in [4.69, 9.17) is 0 Å². The molecule has 1 aliphatic heterocycles. The van der Waals surface area contributed by atoms with Gasteiger partial charge in [-0.25, -0.2) is 17.2 Å². The summed E-state index contributed by atoms with van der Waals surface area (Å²) in [4.78, 5) is 0.298. The summed E-state index contributed by atoms with van der Waals surface area (Å²) < 4.78 is 54.2. The maximum atomic E-state index is 14.0. The van der Waals surface area contributed by atoms with Crippen LogP contribution in [0.5, 0.6) is 0 Å². The van der Waals surface area contributed by atoms with Gasteiger partial charge >= 0.3 is 0 Å². The van der Waals surface area contributed by atoms with E-state index in [0.717, 1.165) is 16.6 Å². The van der Waals surface area contributed by atoms with Crippen molar-refractivity contribution in [3.8, 4) is 10.6 Å². The highest BCUT2D eigenvalue weighted by molar-refractivity contribution is 7.89. The molecule has 2 heterocycles. The highest BCUT2D eigenvalue weighted by atomic mass is 32.2. The van der Waals surface area contributed by atoms with E-state index in [9.17, 15) is 17.2 Å². The van der Waals surface area contributed by atoms with Crippen molar-refractivity contribution >= 4 is 21.4 Å². The summed E-state index contributed by atoms with van der Waals surface area (Å²) in [6, 6.07) is 10.2. The summed E-state index contributed by atoms with van der Waals surface area (Å²) >= 11 is 1.27. The Morgan fingerprint density at radius 3 is 2.38 bits per heavy atom. The van der Waals surface area contributed by atoms with Gasteiger partial charge in [0.05, 0.1) is 4.90 Å². The number of rotatable bonds is 4. The molecule has 0 bridgehead atoms. The molecule has 1 fully saturated rings. The molecule has 3 aromatic rings. The van der Waals surface area contributed by atoms with E-state index in [1.54, 1.807) is 24.3 Å². The summed E-state index contributed by atoms with van der Waals surface area (Å²) in [5.74, 6) is -1.25. The third kappa shape index (κ3) is 4.08. The van der Waals surface area contributed by atoms with E-state index in [1.807, 2.05) is 6.92 Å². The lowest BCUT2D eigenvalue weighted by Crippen LogP contribution is -2.37. The number of hydrogen-bond donors (Lipinski definition) is 0. The molecule has 0 spiro atoms. The second-order valence-electron chi connectivity index (χ2n) is 7.06. The highest BCUT2D eigenvalue weighted by Crippen LogP contribution is 2.35. The molecule has 0 unspecified atom stereocenters. The van der Waals surface area contributed by atoms with E-state index in [1.165, 1.54) is 27.8 Å². The number of halogens is 2. The summed E-state index contributed by atoms with van der Waals surface area (Å²) in [5, 5.41) is 9.37. The van der Waals surface area contributed by atoms with Gasteiger partial charge in [0.15, 0.2) is 5.01 Å². The number of piperidine rings is 1. The topological polar surface area (TPSA) is 63.2 Å².